The number of aromatic amines is 1. The second-order valence-corrected chi connectivity index (χ2v) is 8.78. The zero-order valence-corrected chi connectivity index (χ0v) is 19.9. The van der Waals surface area contributed by atoms with E-state index in [4.69, 9.17) is 10.8 Å². The Balaban J connectivity index is 2.10. The van der Waals surface area contributed by atoms with E-state index in [9.17, 15) is 29.1 Å². The van der Waals surface area contributed by atoms with Crippen LogP contribution >= 0.6 is 0 Å². The van der Waals surface area contributed by atoms with Gasteiger partial charge in [0.2, 0.25) is 17.7 Å². The Morgan fingerprint density at radius 3 is 2.54 bits per heavy atom. The van der Waals surface area contributed by atoms with Crippen LogP contribution in [0.5, 0.6) is 0 Å². The number of hydrogen-bond donors (Lipinski definition) is 6. The molecule has 0 spiro atoms. The predicted molar refractivity (Wildman–Crippen MR) is 123 cm³/mol. The Bertz CT molecular complexity index is 906. The first-order chi connectivity index (χ1) is 16.5. The fourth-order valence-electron chi connectivity index (χ4n) is 3.98. The third-order valence-corrected chi connectivity index (χ3v) is 6.21. The lowest BCUT2D eigenvalue weighted by molar-refractivity contribution is -0.145. The highest BCUT2D eigenvalue weighted by Crippen LogP contribution is 2.19. The van der Waals surface area contributed by atoms with Gasteiger partial charge in [-0.15, -0.1) is 0 Å². The zero-order chi connectivity index (χ0) is 26.1. The molecule has 0 radical (unpaired) electrons. The third kappa shape index (κ3) is 7.77. The minimum Gasteiger partial charge on any atom is -0.481 e. The van der Waals surface area contributed by atoms with Crippen LogP contribution in [0.15, 0.2) is 12.5 Å². The summed E-state index contributed by atoms with van der Waals surface area (Å²) in [4.78, 5) is 69.6. The van der Waals surface area contributed by atoms with Gasteiger partial charge in [-0.3, -0.25) is 19.2 Å². The van der Waals surface area contributed by atoms with E-state index in [1.165, 1.54) is 11.2 Å². The van der Waals surface area contributed by atoms with Crippen molar-refractivity contribution in [2.24, 2.45) is 11.7 Å². The van der Waals surface area contributed by atoms with Gasteiger partial charge in [0.15, 0.2) is 0 Å². The lowest BCUT2D eigenvalue weighted by Crippen LogP contribution is -2.57. The molecule has 0 aliphatic carbocycles. The van der Waals surface area contributed by atoms with Crippen LogP contribution in [0.25, 0.3) is 0 Å². The molecule has 5 atom stereocenters. The summed E-state index contributed by atoms with van der Waals surface area (Å²) in [6.45, 7) is 3.76. The van der Waals surface area contributed by atoms with Gasteiger partial charge in [-0.25, -0.2) is 9.78 Å². The molecular weight excluding hydrogens is 460 g/mol. The zero-order valence-electron chi connectivity index (χ0n) is 19.9. The average molecular weight is 495 g/mol. The molecule has 0 saturated carbocycles. The van der Waals surface area contributed by atoms with E-state index in [2.05, 4.69) is 20.6 Å². The van der Waals surface area contributed by atoms with Crippen molar-refractivity contribution in [1.82, 2.24) is 25.5 Å². The van der Waals surface area contributed by atoms with E-state index >= 15 is 0 Å². The molecule has 1 aliphatic heterocycles. The maximum atomic E-state index is 13.1. The lowest BCUT2D eigenvalue weighted by atomic mass is 9.98. The Labute approximate surface area is 202 Å². The molecule has 3 amide bonds. The van der Waals surface area contributed by atoms with Crippen LogP contribution in [0.2, 0.25) is 0 Å². The number of aromatic nitrogens is 2. The maximum absolute atomic E-state index is 13.1. The van der Waals surface area contributed by atoms with Gasteiger partial charge in [0, 0.05) is 31.3 Å². The summed E-state index contributed by atoms with van der Waals surface area (Å²) in [5, 5.41) is 23.4. The van der Waals surface area contributed by atoms with E-state index in [1.807, 2.05) is 0 Å². The van der Waals surface area contributed by atoms with E-state index in [-0.39, 0.29) is 18.8 Å². The first-order valence-corrected chi connectivity index (χ1v) is 11.6. The van der Waals surface area contributed by atoms with Gasteiger partial charge in [-0.05, 0) is 25.2 Å². The number of H-pyrrole nitrogens is 1. The molecule has 13 nitrogen and oxygen atoms in total. The largest absolute Gasteiger partial charge is 0.481 e. The van der Waals surface area contributed by atoms with E-state index in [0.717, 1.165) is 0 Å². The molecule has 1 aromatic rings. The molecule has 13 heteroatoms. The molecule has 1 aromatic heterocycles. The molecule has 2 heterocycles. The van der Waals surface area contributed by atoms with Gasteiger partial charge >= 0.3 is 11.9 Å². The number of nitrogens with one attached hydrogen (secondary N) is 3. The minimum absolute atomic E-state index is 0.208. The van der Waals surface area contributed by atoms with Gasteiger partial charge in [0.25, 0.3) is 0 Å². The van der Waals surface area contributed by atoms with Gasteiger partial charge in [-0.1, -0.05) is 20.3 Å². The molecule has 1 aliphatic rings. The number of nitrogens with zero attached hydrogens (tertiary/aromatic N) is 2. The van der Waals surface area contributed by atoms with Gasteiger partial charge < -0.3 is 36.5 Å². The lowest BCUT2D eigenvalue weighted by Gasteiger charge is -2.29. The van der Waals surface area contributed by atoms with Gasteiger partial charge in [0.1, 0.15) is 18.1 Å². The summed E-state index contributed by atoms with van der Waals surface area (Å²) >= 11 is 0. The third-order valence-electron chi connectivity index (χ3n) is 6.21. The summed E-state index contributed by atoms with van der Waals surface area (Å²) in [7, 11) is 0. The highest BCUT2D eigenvalue weighted by Gasteiger charge is 2.38. The van der Waals surface area contributed by atoms with Crippen molar-refractivity contribution in [1.29, 1.82) is 0 Å². The topological polar surface area (TPSA) is 208 Å². The second kappa shape index (κ2) is 12.8. The maximum Gasteiger partial charge on any atom is 0.326 e. The summed E-state index contributed by atoms with van der Waals surface area (Å²) in [5.74, 6) is -4.62. The molecule has 1 fully saturated rings. The summed E-state index contributed by atoms with van der Waals surface area (Å²) in [6.07, 6.45) is 3.98. The number of carbonyl (C=O) groups excluding carboxylic acids is 3. The van der Waals surface area contributed by atoms with Crippen LogP contribution in [0, 0.1) is 5.92 Å². The van der Waals surface area contributed by atoms with Crippen molar-refractivity contribution in [2.45, 2.75) is 76.5 Å². The van der Waals surface area contributed by atoms with Crippen molar-refractivity contribution < 1.29 is 34.2 Å². The Morgan fingerprint density at radius 2 is 1.97 bits per heavy atom. The summed E-state index contributed by atoms with van der Waals surface area (Å²) in [5.41, 5.74) is 6.72. The molecule has 7 N–H and O–H groups in total. The Morgan fingerprint density at radius 1 is 1.26 bits per heavy atom. The highest BCUT2D eigenvalue weighted by atomic mass is 16.4. The number of likely N-dealkylation sites (tertiary alicyclic amines) is 1. The number of aliphatic carboxylic acids is 2. The van der Waals surface area contributed by atoms with Crippen LogP contribution in [-0.2, 0) is 30.4 Å². The molecule has 1 saturated heterocycles. The summed E-state index contributed by atoms with van der Waals surface area (Å²) < 4.78 is 0. The molecule has 35 heavy (non-hydrogen) atoms. The quantitative estimate of drug-likeness (QED) is 0.203. The minimum atomic E-state index is -1.28. The molecular formula is C22H34N6O7. The Kier molecular flexibility index (Phi) is 10.2. The highest BCUT2D eigenvalue weighted by molar-refractivity contribution is 5.94. The van der Waals surface area contributed by atoms with Crippen LogP contribution in [0.3, 0.4) is 0 Å². The fourth-order valence-corrected chi connectivity index (χ4v) is 3.98. The number of carbonyl (C=O) groups is 5. The molecule has 2 rings (SSSR count). The van der Waals surface area contributed by atoms with Crippen LogP contribution < -0.4 is 16.4 Å². The molecule has 5 unspecified atom stereocenters. The van der Waals surface area contributed by atoms with E-state index in [1.54, 1.807) is 20.0 Å². The smallest absolute Gasteiger partial charge is 0.326 e. The van der Waals surface area contributed by atoms with Crippen molar-refractivity contribution in [2.75, 3.05) is 6.54 Å². The summed E-state index contributed by atoms with van der Waals surface area (Å²) in [6, 6.07) is -4.25. The van der Waals surface area contributed by atoms with Gasteiger partial charge in [-0.2, -0.15) is 0 Å². The fraction of sp³-hybridized carbons (Fsp3) is 0.636. The number of hydrogen-bond acceptors (Lipinski definition) is 7. The SMILES string of the molecule is CCC(C)C(NC(=O)C(CCC(=O)O)NC(=O)C1CCCN1C(=O)C(N)Cc1cnc[nH]1)C(=O)O. The standard InChI is InChI=1S/C22H34N6O7/c1-3-12(2)18(22(34)35)27-19(31)15(6-7-17(29)30)26-20(32)16-5-4-8-28(16)21(33)14(23)9-13-10-24-11-25-13/h10-12,14-16,18H,3-9,23H2,1-2H3,(H,24,25)(H,26,32)(H,27,31)(H,29,30)(H,34,35). The second-order valence-electron chi connectivity index (χ2n) is 8.78. The molecule has 0 aromatic carbocycles. The van der Waals surface area contributed by atoms with Crippen LogP contribution in [0.1, 0.15) is 51.6 Å². The number of carboxylic acid groups (broad SMARTS) is 2. The van der Waals surface area contributed by atoms with Crippen molar-refractivity contribution in [3.8, 4) is 0 Å². The normalized spacial score (nSPS) is 18.8. The number of imidazole rings is 1. The van der Waals surface area contributed by atoms with Crippen molar-refractivity contribution in [3.05, 3.63) is 18.2 Å². The first-order valence-electron chi connectivity index (χ1n) is 11.6. The van der Waals surface area contributed by atoms with Crippen molar-refractivity contribution in [3.63, 3.8) is 0 Å². The van der Waals surface area contributed by atoms with E-state index < -0.39 is 60.2 Å². The number of amides is 3. The van der Waals surface area contributed by atoms with Crippen molar-refractivity contribution >= 4 is 29.7 Å². The number of nitrogens with two attached hydrogens (primary N) is 1. The predicted octanol–water partition coefficient (Wildman–Crippen LogP) is -0.764. The molecule has 194 valence electrons. The number of rotatable bonds is 13. The molecule has 0 bridgehead atoms. The number of carboxylic acids is 2. The van der Waals surface area contributed by atoms with Crippen LogP contribution in [0.4, 0.5) is 0 Å². The van der Waals surface area contributed by atoms with Crippen LogP contribution in [-0.4, -0.2) is 85.5 Å². The Hall–Kier alpha value is -3.48. The first kappa shape index (κ1) is 27.8. The van der Waals surface area contributed by atoms with E-state index in [0.29, 0.717) is 31.5 Å². The average Bonchev–Trinajstić information content (AvgIpc) is 3.50. The monoisotopic (exact) mass is 494 g/mol. The van der Waals surface area contributed by atoms with Gasteiger partial charge in [0.05, 0.1) is 12.4 Å².